The third-order valence-corrected chi connectivity index (χ3v) is 4.62. The fourth-order valence-electron chi connectivity index (χ4n) is 2.72. The van der Waals surface area contributed by atoms with E-state index in [4.69, 9.17) is 21.1 Å². The zero-order valence-corrected chi connectivity index (χ0v) is 17.4. The maximum atomic E-state index is 12.6. The van der Waals surface area contributed by atoms with E-state index in [0.29, 0.717) is 10.8 Å². The monoisotopic (exact) mass is 403 g/mol. The Labute approximate surface area is 171 Å². The summed E-state index contributed by atoms with van der Waals surface area (Å²) < 4.78 is 10.8. The average Bonchev–Trinajstić information content (AvgIpc) is 2.69. The minimum absolute atomic E-state index is 0.373. The summed E-state index contributed by atoms with van der Waals surface area (Å²) in [5, 5.41) is 3.48. The van der Waals surface area contributed by atoms with Crippen molar-refractivity contribution in [1.82, 2.24) is 0 Å². The summed E-state index contributed by atoms with van der Waals surface area (Å²) in [5.74, 6) is -0.491. The van der Waals surface area contributed by atoms with Crippen molar-refractivity contribution in [2.75, 3.05) is 5.32 Å². The number of anilines is 1. The molecular formula is C22H26ClNO4. The first-order valence-electron chi connectivity index (χ1n) is 9.40. The number of ether oxygens (including phenoxy) is 2. The number of halogens is 1. The zero-order valence-electron chi connectivity index (χ0n) is 16.6. The van der Waals surface area contributed by atoms with Crippen LogP contribution in [0.15, 0.2) is 42.5 Å². The van der Waals surface area contributed by atoms with Crippen molar-refractivity contribution in [3.05, 3.63) is 58.6 Å². The Morgan fingerprint density at radius 3 is 2.07 bits per heavy atom. The lowest BCUT2D eigenvalue weighted by atomic mass is 10.0. The first-order chi connectivity index (χ1) is 13.3. The standard InChI is InChI=1S/C22H26ClNO4/c1-5-16-8-7-9-17(6-2)20(16)24-21(25)14(3)28-22(26)15(4)27-19-12-10-18(23)11-13-19/h7-15H,5-6H2,1-4H3,(H,24,25)/t14-,15-/m1/s1. The summed E-state index contributed by atoms with van der Waals surface area (Å²) in [6, 6.07) is 12.6. The molecule has 1 N–H and O–H groups in total. The summed E-state index contributed by atoms with van der Waals surface area (Å²) in [4.78, 5) is 24.8. The lowest BCUT2D eigenvalue weighted by Crippen LogP contribution is -2.35. The number of amides is 1. The number of aryl methyl sites for hydroxylation is 2. The molecule has 0 fully saturated rings. The van der Waals surface area contributed by atoms with Crippen molar-refractivity contribution < 1.29 is 19.1 Å². The van der Waals surface area contributed by atoms with E-state index in [9.17, 15) is 9.59 Å². The van der Waals surface area contributed by atoms with Gasteiger partial charge in [-0.1, -0.05) is 43.6 Å². The lowest BCUT2D eigenvalue weighted by molar-refractivity contribution is -0.159. The summed E-state index contributed by atoms with van der Waals surface area (Å²) in [7, 11) is 0. The van der Waals surface area contributed by atoms with Gasteiger partial charge in [-0.05, 0) is 62.1 Å². The number of para-hydroxylation sites is 1. The van der Waals surface area contributed by atoms with Gasteiger partial charge in [0.05, 0.1) is 0 Å². The van der Waals surface area contributed by atoms with Crippen molar-refractivity contribution in [2.24, 2.45) is 0 Å². The lowest BCUT2D eigenvalue weighted by Gasteiger charge is -2.19. The van der Waals surface area contributed by atoms with Crippen LogP contribution in [0.1, 0.15) is 38.8 Å². The molecule has 0 bridgehead atoms. The Hall–Kier alpha value is -2.53. The van der Waals surface area contributed by atoms with Crippen LogP contribution in [0.25, 0.3) is 0 Å². The Kier molecular flexibility index (Phi) is 7.88. The number of carbonyl (C=O) groups excluding carboxylic acids is 2. The third-order valence-electron chi connectivity index (χ3n) is 4.37. The van der Waals surface area contributed by atoms with E-state index in [1.807, 2.05) is 32.0 Å². The molecule has 0 heterocycles. The van der Waals surface area contributed by atoms with Crippen LogP contribution in [0.3, 0.4) is 0 Å². The molecule has 0 saturated heterocycles. The van der Waals surface area contributed by atoms with Gasteiger partial charge < -0.3 is 14.8 Å². The van der Waals surface area contributed by atoms with Crippen molar-refractivity contribution in [3.63, 3.8) is 0 Å². The smallest absolute Gasteiger partial charge is 0.347 e. The summed E-state index contributed by atoms with van der Waals surface area (Å²) in [6.07, 6.45) is -0.211. The van der Waals surface area contributed by atoms with Crippen LogP contribution in [-0.4, -0.2) is 24.1 Å². The van der Waals surface area contributed by atoms with Gasteiger partial charge in [-0.15, -0.1) is 0 Å². The molecule has 2 aromatic rings. The molecule has 0 saturated carbocycles. The van der Waals surface area contributed by atoms with Gasteiger partial charge in [0.15, 0.2) is 12.2 Å². The van der Waals surface area contributed by atoms with Gasteiger partial charge in [-0.25, -0.2) is 4.79 Å². The Bertz CT molecular complexity index is 798. The highest BCUT2D eigenvalue weighted by Gasteiger charge is 2.24. The van der Waals surface area contributed by atoms with E-state index in [1.165, 1.54) is 0 Å². The topological polar surface area (TPSA) is 64.6 Å². The highest BCUT2D eigenvalue weighted by atomic mass is 35.5. The number of hydrogen-bond acceptors (Lipinski definition) is 4. The molecule has 0 aliphatic heterocycles. The number of nitrogens with one attached hydrogen (secondary N) is 1. The van der Waals surface area contributed by atoms with E-state index in [-0.39, 0.29) is 5.91 Å². The maximum Gasteiger partial charge on any atom is 0.347 e. The predicted molar refractivity (Wildman–Crippen MR) is 111 cm³/mol. The molecule has 0 aromatic heterocycles. The van der Waals surface area contributed by atoms with Gasteiger partial charge in [0.2, 0.25) is 0 Å². The number of rotatable bonds is 8. The second kappa shape index (κ2) is 10.1. The molecule has 0 aliphatic carbocycles. The summed E-state index contributed by atoms with van der Waals surface area (Å²) in [5.41, 5.74) is 2.89. The van der Waals surface area contributed by atoms with E-state index >= 15 is 0 Å². The maximum absolute atomic E-state index is 12.6. The second-order valence-corrected chi connectivity index (χ2v) is 6.88. The minimum Gasteiger partial charge on any atom is -0.479 e. The van der Waals surface area contributed by atoms with Gasteiger partial charge in [0.25, 0.3) is 5.91 Å². The Balaban J connectivity index is 1.98. The molecule has 0 aliphatic rings. The molecule has 150 valence electrons. The first kappa shape index (κ1) is 21.8. The summed E-state index contributed by atoms with van der Waals surface area (Å²) in [6.45, 7) is 7.18. The SMILES string of the molecule is CCc1cccc(CC)c1NC(=O)[C@@H](C)OC(=O)[C@@H](C)Oc1ccc(Cl)cc1. The van der Waals surface area contributed by atoms with E-state index in [0.717, 1.165) is 29.7 Å². The third kappa shape index (κ3) is 5.73. The molecule has 2 aromatic carbocycles. The molecule has 0 unspecified atom stereocenters. The van der Waals surface area contributed by atoms with Crippen LogP contribution in [0.5, 0.6) is 5.75 Å². The zero-order chi connectivity index (χ0) is 20.7. The van der Waals surface area contributed by atoms with E-state index < -0.39 is 18.2 Å². The Morgan fingerprint density at radius 1 is 0.964 bits per heavy atom. The molecule has 2 rings (SSSR count). The fourth-order valence-corrected chi connectivity index (χ4v) is 2.84. The number of esters is 1. The first-order valence-corrected chi connectivity index (χ1v) is 9.77. The van der Waals surface area contributed by atoms with Gasteiger partial charge in [-0.2, -0.15) is 0 Å². The minimum atomic E-state index is -0.946. The molecule has 6 heteroatoms. The second-order valence-electron chi connectivity index (χ2n) is 6.44. The normalized spacial score (nSPS) is 12.8. The van der Waals surface area contributed by atoms with Gasteiger partial charge in [0, 0.05) is 10.7 Å². The van der Waals surface area contributed by atoms with Crippen molar-refractivity contribution in [3.8, 4) is 5.75 Å². The van der Waals surface area contributed by atoms with Crippen LogP contribution in [0.4, 0.5) is 5.69 Å². The molecule has 5 nitrogen and oxygen atoms in total. The molecule has 1 amide bonds. The van der Waals surface area contributed by atoms with Gasteiger partial charge in [0.1, 0.15) is 5.75 Å². The average molecular weight is 404 g/mol. The molecule has 28 heavy (non-hydrogen) atoms. The van der Waals surface area contributed by atoms with E-state index in [1.54, 1.807) is 38.1 Å². The Morgan fingerprint density at radius 2 is 1.54 bits per heavy atom. The van der Waals surface area contributed by atoms with Crippen molar-refractivity contribution >= 4 is 29.2 Å². The van der Waals surface area contributed by atoms with Crippen LogP contribution in [-0.2, 0) is 27.2 Å². The van der Waals surface area contributed by atoms with Crippen LogP contribution >= 0.6 is 11.6 Å². The molecule has 2 atom stereocenters. The predicted octanol–water partition coefficient (Wildman–Crippen LogP) is 4.80. The highest BCUT2D eigenvalue weighted by Crippen LogP contribution is 2.23. The highest BCUT2D eigenvalue weighted by molar-refractivity contribution is 6.30. The van der Waals surface area contributed by atoms with Gasteiger partial charge in [-0.3, -0.25) is 4.79 Å². The number of benzene rings is 2. The number of carbonyl (C=O) groups is 2. The molecular weight excluding hydrogens is 378 g/mol. The fraction of sp³-hybridized carbons (Fsp3) is 0.364. The quantitative estimate of drug-likeness (QED) is 0.643. The van der Waals surface area contributed by atoms with Crippen molar-refractivity contribution in [2.45, 2.75) is 52.7 Å². The molecule has 0 radical (unpaired) electrons. The van der Waals surface area contributed by atoms with Crippen LogP contribution in [0.2, 0.25) is 5.02 Å². The van der Waals surface area contributed by atoms with E-state index in [2.05, 4.69) is 5.32 Å². The number of hydrogen-bond donors (Lipinski definition) is 1. The van der Waals surface area contributed by atoms with Gasteiger partial charge >= 0.3 is 5.97 Å². The van der Waals surface area contributed by atoms with Crippen LogP contribution in [0, 0.1) is 0 Å². The summed E-state index contributed by atoms with van der Waals surface area (Å²) >= 11 is 5.83. The van der Waals surface area contributed by atoms with Crippen molar-refractivity contribution in [1.29, 1.82) is 0 Å². The molecule has 0 spiro atoms. The largest absolute Gasteiger partial charge is 0.479 e. The van der Waals surface area contributed by atoms with Crippen LogP contribution < -0.4 is 10.1 Å².